The van der Waals surface area contributed by atoms with E-state index in [2.05, 4.69) is 15.6 Å². The van der Waals surface area contributed by atoms with E-state index in [1.165, 1.54) is 28.6 Å². The molecule has 0 aliphatic carbocycles. The quantitative estimate of drug-likeness (QED) is 0.661. The molecular formula is C19H19ClN4O4S. The minimum absolute atomic E-state index is 0.0197. The van der Waals surface area contributed by atoms with Crippen molar-refractivity contribution in [3.8, 4) is 0 Å². The van der Waals surface area contributed by atoms with Gasteiger partial charge in [0.1, 0.15) is 17.1 Å². The van der Waals surface area contributed by atoms with E-state index in [0.29, 0.717) is 34.6 Å². The van der Waals surface area contributed by atoms with Crippen molar-refractivity contribution >= 4 is 38.6 Å². The van der Waals surface area contributed by atoms with Gasteiger partial charge in [0.25, 0.3) is 0 Å². The first kappa shape index (κ1) is 19.8. The summed E-state index contributed by atoms with van der Waals surface area (Å²) in [6.45, 7) is 0.562. The van der Waals surface area contributed by atoms with Crippen LogP contribution in [0.15, 0.2) is 52.0 Å². The molecule has 8 nitrogen and oxygen atoms in total. The van der Waals surface area contributed by atoms with Crippen molar-refractivity contribution < 1.29 is 17.8 Å². The molecule has 0 unspecified atom stereocenters. The van der Waals surface area contributed by atoms with Crippen LogP contribution in [0.2, 0.25) is 5.02 Å². The molecule has 3 aromatic rings. The minimum atomic E-state index is -3.95. The van der Waals surface area contributed by atoms with Crippen molar-refractivity contribution in [2.75, 3.05) is 6.54 Å². The first-order valence-electron chi connectivity index (χ1n) is 9.21. The number of fused-ring (bicyclic) bond motifs is 1. The lowest BCUT2D eigenvalue weighted by atomic mass is 10.1. The minimum Gasteiger partial charge on any atom is -0.355 e. The van der Waals surface area contributed by atoms with Gasteiger partial charge in [0.05, 0.1) is 4.90 Å². The van der Waals surface area contributed by atoms with Crippen LogP contribution in [0.1, 0.15) is 24.8 Å². The number of rotatable bonds is 5. The fourth-order valence-corrected chi connectivity index (χ4v) is 5.14. The molecule has 1 aromatic heterocycles. The second-order valence-corrected chi connectivity index (χ2v) is 9.22. The lowest BCUT2D eigenvalue weighted by molar-refractivity contribution is -0.124. The number of amides is 1. The summed E-state index contributed by atoms with van der Waals surface area (Å²) in [6.07, 6.45) is 2.02. The van der Waals surface area contributed by atoms with Crippen LogP contribution in [0.4, 0.5) is 0 Å². The number of halogens is 1. The van der Waals surface area contributed by atoms with Crippen molar-refractivity contribution in [2.24, 2.45) is 0 Å². The Hall–Kier alpha value is -2.49. The number of carbonyl (C=O) groups excluding carboxylic acids is 1. The zero-order valence-corrected chi connectivity index (χ0v) is 17.0. The molecule has 1 fully saturated rings. The van der Waals surface area contributed by atoms with Gasteiger partial charge in [0.15, 0.2) is 0 Å². The van der Waals surface area contributed by atoms with Crippen molar-refractivity contribution in [3.63, 3.8) is 0 Å². The first-order chi connectivity index (χ1) is 13.9. The highest BCUT2D eigenvalue weighted by molar-refractivity contribution is 7.89. The summed E-state index contributed by atoms with van der Waals surface area (Å²) in [5.74, 6) is -0.288. The molecule has 1 atom stereocenters. The van der Waals surface area contributed by atoms with E-state index in [4.69, 9.17) is 16.2 Å². The van der Waals surface area contributed by atoms with Gasteiger partial charge in [-0.15, -0.1) is 0 Å². The summed E-state index contributed by atoms with van der Waals surface area (Å²) in [6, 6.07) is 10.3. The summed E-state index contributed by atoms with van der Waals surface area (Å²) in [4.78, 5) is 12.8. The molecule has 4 rings (SSSR count). The summed E-state index contributed by atoms with van der Waals surface area (Å²) in [5, 5.41) is 10.8. The van der Waals surface area contributed by atoms with Crippen LogP contribution in [-0.2, 0) is 21.4 Å². The van der Waals surface area contributed by atoms with E-state index >= 15 is 0 Å². The number of benzene rings is 2. The molecule has 1 aliphatic heterocycles. The molecule has 152 valence electrons. The van der Waals surface area contributed by atoms with Crippen LogP contribution in [0.3, 0.4) is 0 Å². The third kappa shape index (κ3) is 4.12. The third-order valence-corrected chi connectivity index (χ3v) is 7.05. The Bertz CT molecular complexity index is 1130. The van der Waals surface area contributed by atoms with Crippen LogP contribution in [0, 0.1) is 0 Å². The molecule has 2 aromatic carbocycles. The van der Waals surface area contributed by atoms with Crippen LogP contribution < -0.4 is 5.32 Å². The van der Waals surface area contributed by atoms with Crippen LogP contribution in [0.25, 0.3) is 11.0 Å². The molecular weight excluding hydrogens is 416 g/mol. The summed E-state index contributed by atoms with van der Waals surface area (Å²) >= 11 is 5.91. The van der Waals surface area contributed by atoms with Gasteiger partial charge in [0, 0.05) is 18.1 Å². The molecule has 0 radical (unpaired) electrons. The van der Waals surface area contributed by atoms with E-state index < -0.39 is 16.1 Å². The van der Waals surface area contributed by atoms with E-state index in [1.807, 2.05) is 0 Å². The van der Waals surface area contributed by atoms with Crippen molar-refractivity contribution in [2.45, 2.75) is 36.7 Å². The number of nitrogens with zero attached hydrogens (tertiary/aromatic N) is 3. The van der Waals surface area contributed by atoms with Gasteiger partial charge < -0.3 is 5.32 Å². The number of aromatic nitrogens is 2. The predicted octanol–water partition coefficient (Wildman–Crippen LogP) is 2.74. The number of nitrogens with one attached hydrogen (secondary N) is 1. The molecule has 0 bridgehead atoms. The van der Waals surface area contributed by atoms with Crippen molar-refractivity contribution in [1.29, 1.82) is 0 Å². The summed E-state index contributed by atoms with van der Waals surface area (Å²) in [7, 11) is -3.95. The Morgan fingerprint density at radius 2 is 1.86 bits per heavy atom. The maximum absolute atomic E-state index is 13.5. The van der Waals surface area contributed by atoms with Crippen molar-refractivity contribution in [3.05, 3.63) is 53.1 Å². The Morgan fingerprint density at radius 1 is 1.10 bits per heavy atom. The highest BCUT2D eigenvalue weighted by Gasteiger charge is 2.36. The maximum Gasteiger partial charge on any atom is 0.244 e. The molecule has 0 spiro atoms. The Balaban J connectivity index is 1.75. The average Bonchev–Trinajstić information content (AvgIpc) is 3.07. The monoisotopic (exact) mass is 434 g/mol. The van der Waals surface area contributed by atoms with Crippen LogP contribution >= 0.6 is 11.6 Å². The average molecular weight is 435 g/mol. The smallest absolute Gasteiger partial charge is 0.244 e. The van der Waals surface area contributed by atoms with E-state index in [9.17, 15) is 13.2 Å². The zero-order chi connectivity index (χ0) is 20.4. The first-order valence-corrected chi connectivity index (χ1v) is 11.0. The van der Waals surface area contributed by atoms with Gasteiger partial charge in [-0.1, -0.05) is 17.7 Å². The SMILES string of the molecule is O=C1NCCCC[C@H]1N(Cc1ccc2nonc2c1)S(=O)(=O)c1ccc(Cl)cc1. The molecule has 1 amide bonds. The Kier molecular flexibility index (Phi) is 5.53. The fraction of sp³-hybridized carbons (Fsp3) is 0.316. The van der Waals surface area contributed by atoms with E-state index in [1.54, 1.807) is 18.2 Å². The lowest BCUT2D eigenvalue weighted by Gasteiger charge is -2.29. The molecule has 1 N–H and O–H groups in total. The predicted molar refractivity (Wildman–Crippen MR) is 107 cm³/mol. The Labute approximate surface area is 172 Å². The molecule has 0 saturated carbocycles. The van der Waals surface area contributed by atoms with Gasteiger partial charge >= 0.3 is 0 Å². The summed E-state index contributed by atoms with van der Waals surface area (Å²) < 4.78 is 32.9. The molecule has 29 heavy (non-hydrogen) atoms. The zero-order valence-electron chi connectivity index (χ0n) is 15.4. The molecule has 10 heteroatoms. The van der Waals surface area contributed by atoms with Gasteiger partial charge in [-0.3, -0.25) is 4.79 Å². The van der Waals surface area contributed by atoms with Gasteiger partial charge in [-0.25, -0.2) is 13.0 Å². The highest BCUT2D eigenvalue weighted by atomic mass is 35.5. The molecule has 2 heterocycles. The number of hydrogen-bond acceptors (Lipinski definition) is 6. The van der Waals surface area contributed by atoms with Gasteiger partial charge in [-0.2, -0.15) is 4.31 Å². The Morgan fingerprint density at radius 3 is 2.66 bits per heavy atom. The number of sulfonamides is 1. The van der Waals surface area contributed by atoms with Crippen LogP contribution in [0.5, 0.6) is 0 Å². The topological polar surface area (TPSA) is 105 Å². The second-order valence-electron chi connectivity index (χ2n) is 6.89. The number of carbonyl (C=O) groups is 1. The highest BCUT2D eigenvalue weighted by Crippen LogP contribution is 2.26. The largest absolute Gasteiger partial charge is 0.355 e. The number of hydrogen-bond donors (Lipinski definition) is 1. The van der Waals surface area contributed by atoms with Gasteiger partial charge in [0.2, 0.25) is 15.9 Å². The standard InChI is InChI=1S/C19H19ClN4O4S/c20-14-5-7-15(8-6-14)29(26,27)24(18-3-1-2-10-21-19(18)25)12-13-4-9-16-17(11-13)23-28-22-16/h4-9,11,18H,1-3,10,12H2,(H,21,25)/t18-/m1/s1. The van der Waals surface area contributed by atoms with E-state index in [-0.39, 0.29) is 17.3 Å². The lowest BCUT2D eigenvalue weighted by Crippen LogP contribution is -2.48. The van der Waals surface area contributed by atoms with E-state index in [0.717, 1.165) is 12.8 Å². The van der Waals surface area contributed by atoms with Crippen LogP contribution in [-0.4, -0.2) is 41.5 Å². The normalized spacial score (nSPS) is 18.0. The fourth-order valence-electron chi connectivity index (χ4n) is 3.41. The molecule has 1 aliphatic rings. The second kappa shape index (κ2) is 8.10. The maximum atomic E-state index is 13.5. The summed E-state index contributed by atoms with van der Waals surface area (Å²) in [5.41, 5.74) is 1.78. The molecule has 1 saturated heterocycles. The third-order valence-electron chi connectivity index (χ3n) is 4.93. The van der Waals surface area contributed by atoms with Crippen molar-refractivity contribution in [1.82, 2.24) is 19.9 Å². The van der Waals surface area contributed by atoms with Gasteiger partial charge in [-0.05, 0) is 71.5 Å².